The number of alkyl halides is 3. The van der Waals surface area contributed by atoms with E-state index in [1.807, 2.05) is 0 Å². The van der Waals surface area contributed by atoms with E-state index in [2.05, 4.69) is 5.32 Å². The van der Waals surface area contributed by atoms with Crippen LogP contribution in [0.4, 0.5) is 13.2 Å². The highest BCUT2D eigenvalue weighted by atomic mass is 19.4. The van der Waals surface area contributed by atoms with Crippen molar-refractivity contribution in [2.45, 2.75) is 58.2 Å². The van der Waals surface area contributed by atoms with Crippen molar-refractivity contribution < 1.29 is 13.2 Å². The molecule has 0 radical (unpaired) electrons. The molecular formula is C11H20F3N. The molecule has 0 bridgehead atoms. The molecule has 1 rings (SSSR count). The van der Waals surface area contributed by atoms with Crippen LogP contribution in [-0.4, -0.2) is 18.3 Å². The van der Waals surface area contributed by atoms with Gasteiger partial charge in [0.2, 0.25) is 0 Å². The number of halogens is 3. The first-order valence-electron chi connectivity index (χ1n) is 5.52. The number of nitrogens with one attached hydrogen (secondary N) is 1. The van der Waals surface area contributed by atoms with Gasteiger partial charge in [0.25, 0.3) is 0 Å². The second kappa shape index (κ2) is 3.96. The van der Waals surface area contributed by atoms with Gasteiger partial charge in [-0.1, -0.05) is 33.6 Å². The lowest BCUT2D eigenvalue weighted by atomic mass is 9.70. The summed E-state index contributed by atoms with van der Waals surface area (Å²) in [6.45, 7) is 5.47. The summed E-state index contributed by atoms with van der Waals surface area (Å²) in [5.41, 5.74) is -2.51. The standard InChI is InChI=1S/C11H20F3N/c1-9(2,3)10(11(12,13)14)7-5-4-6-8-15-10/h15H,4-8H2,1-3H3. The van der Waals surface area contributed by atoms with Crippen LogP contribution in [0.15, 0.2) is 0 Å². The summed E-state index contributed by atoms with van der Waals surface area (Å²) in [7, 11) is 0. The Morgan fingerprint density at radius 3 is 2.07 bits per heavy atom. The lowest BCUT2D eigenvalue weighted by molar-refractivity contribution is -0.227. The van der Waals surface area contributed by atoms with Crippen LogP contribution >= 0.6 is 0 Å². The van der Waals surface area contributed by atoms with E-state index < -0.39 is 17.1 Å². The van der Waals surface area contributed by atoms with E-state index in [1.54, 1.807) is 20.8 Å². The Morgan fingerprint density at radius 2 is 1.60 bits per heavy atom. The molecule has 0 aromatic heterocycles. The normalized spacial score (nSPS) is 30.0. The third-order valence-corrected chi connectivity index (χ3v) is 3.42. The first-order valence-corrected chi connectivity index (χ1v) is 5.52. The number of hydrogen-bond donors (Lipinski definition) is 1. The molecule has 1 unspecified atom stereocenters. The number of hydrogen-bond acceptors (Lipinski definition) is 1. The maximum absolute atomic E-state index is 13.2. The molecule has 1 fully saturated rings. The van der Waals surface area contributed by atoms with Crippen molar-refractivity contribution in [3.63, 3.8) is 0 Å². The molecule has 1 saturated heterocycles. The maximum atomic E-state index is 13.2. The Kier molecular flexibility index (Phi) is 3.39. The SMILES string of the molecule is CC(C)(C)C1(C(F)(F)F)CCCCCN1. The first-order chi connectivity index (χ1) is 6.71. The average Bonchev–Trinajstić information content (AvgIpc) is 2.25. The van der Waals surface area contributed by atoms with Crippen molar-refractivity contribution in [2.24, 2.45) is 5.41 Å². The van der Waals surface area contributed by atoms with Crippen LogP contribution in [0.1, 0.15) is 46.5 Å². The van der Waals surface area contributed by atoms with Gasteiger partial charge in [0, 0.05) is 0 Å². The van der Waals surface area contributed by atoms with Gasteiger partial charge in [-0.15, -0.1) is 0 Å². The van der Waals surface area contributed by atoms with Crippen molar-refractivity contribution >= 4 is 0 Å². The zero-order valence-electron chi connectivity index (χ0n) is 9.67. The van der Waals surface area contributed by atoms with Gasteiger partial charge in [-0.2, -0.15) is 13.2 Å². The zero-order valence-corrected chi connectivity index (χ0v) is 9.67. The van der Waals surface area contributed by atoms with E-state index >= 15 is 0 Å². The van der Waals surface area contributed by atoms with Crippen molar-refractivity contribution in [1.29, 1.82) is 0 Å². The average molecular weight is 223 g/mol. The molecule has 0 spiro atoms. The van der Waals surface area contributed by atoms with E-state index in [1.165, 1.54) is 0 Å². The maximum Gasteiger partial charge on any atom is 0.407 e. The second-order valence-corrected chi connectivity index (χ2v) is 5.39. The summed E-state index contributed by atoms with van der Waals surface area (Å²) < 4.78 is 39.6. The molecule has 1 aliphatic heterocycles. The summed E-state index contributed by atoms with van der Waals surface area (Å²) >= 11 is 0. The Labute approximate surface area is 89.4 Å². The van der Waals surface area contributed by atoms with Crippen LogP contribution in [0, 0.1) is 5.41 Å². The van der Waals surface area contributed by atoms with Gasteiger partial charge in [0.05, 0.1) is 0 Å². The zero-order chi connectivity index (χ0) is 11.7. The van der Waals surface area contributed by atoms with Crippen molar-refractivity contribution in [3.8, 4) is 0 Å². The molecular weight excluding hydrogens is 203 g/mol. The summed E-state index contributed by atoms with van der Waals surface area (Å²) in [5.74, 6) is 0. The largest absolute Gasteiger partial charge is 0.407 e. The Balaban J connectivity index is 3.05. The minimum absolute atomic E-state index is 0.194. The van der Waals surface area contributed by atoms with E-state index in [-0.39, 0.29) is 6.42 Å². The predicted molar refractivity (Wildman–Crippen MR) is 54.7 cm³/mol. The van der Waals surface area contributed by atoms with Gasteiger partial charge in [-0.25, -0.2) is 0 Å². The van der Waals surface area contributed by atoms with Crippen molar-refractivity contribution in [2.75, 3.05) is 6.54 Å². The van der Waals surface area contributed by atoms with E-state index in [0.29, 0.717) is 13.0 Å². The summed E-state index contributed by atoms with van der Waals surface area (Å²) in [6.07, 6.45) is -1.59. The van der Waals surface area contributed by atoms with Gasteiger partial charge in [0.15, 0.2) is 0 Å². The molecule has 1 aliphatic rings. The topological polar surface area (TPSA) is 12.0 Å². The van der Waals surface area contributed by atoms with Crippen LogP contribution in [0.2, 0.25) is 0 Å². The quantitative estimate of drug-likeness (QED) is 0.662. The first kappa shape index (κ1) is 12.8. The highest BCUT2D eigenvalue weighted by Crippen LogP contribution is 2.47. The van der Waals surface area contributed by atoms with Crippen molar-refractivity contribution in [3.05, 3.63) is 0 Å². The highest BCUT2D eigenvalue weighted by Gasteiger charge is 2.60. The van der Waals surface area contributed by atoms with Gasteiger partial charge in [-0.3, -0.25) is 0 Å². The highest BCUT2D eigenvalue weighted by molar-refractivity contribution is 5.04. The molecule has 1 atom stereocenters. The van der Waals surface area contributed by atoms with Crippen LogP contribution in [0.25, 0.3) is 0 Å². The fraction of sp³-hybridized carbons (Fsp3) is 1.00. The third-order valence-electron chi connectivity index (χ3n) is 3.42. The summed E-state index contributed by atoms with van der Waals surface area (Å²) in [4.78, 5) is 0. The summed E-state index contributed by atoms with van der Waals surface area (Å²) in [6, 6.07) is 0. The molecule has 1 nitrogen and oxygen atoms in total. The molecule has 0 amide bonds. The fourth-order valence-electron chi connectivity index (χ4n) is 2.39. The van der Waals surface area contributed by atoms with Crippen LogP contribution < -0.4 is 5.32 Å². The smallest absolute Gasteiger partial charge is 0.303 e. The van der Waals surface area contributed by atoms with Gasteiger partial charge < -0.3 is 5.32 Å². The third kappa shape index (κ3) is 2.30. The van der Waals surface area contributed by atoms with Crippen LogP contribution in [-0.2, 0) is 0 Å². The lowest BCUT2D eigenvalue weighted by Crippen LogP contribution is -2.64. The molecule has 0 aliphatic carbocycles. The van der Waals surface area contributed by atoms with Crippen LogP contribution in [0.3, 0.4) is 0 Å². The molecule has 90 valence electrons. The van der Waals surface area contributed by atoms with Gasteiger partial charge in [-0.05, 0) is 24.8 Å². The molecule has 1 N–H and O–H groups in total. The molecule has 1 heterocycles. The Bertz CT molecular complexity index is 191. The minimum atomic E-state index is -4.17. The van der Waals surface area contributed by atoms with Gasteiger partial charge in [0.1, 0.15) is 5.54 Å². The molecule has 15 heavy (non-hydrogen) atoms. The Hall–Kier alpha value is -0.250. The van der Waals surface area contributed by atoms with E-state index in [0.717, 1.165) is 12.8 Å². The van der Waals surface area contributed by atoms with Crippen LogP contribution in [0.5, 0.6) is 0 Å². The minimum Gasteiger partial charge on any atom is -0.303 e. The molecule has 0 aromatic rings. The predicted octanol–water partition coefficient (Wildman–Crippen LogP) is 3.50. The molecule has 0 saturated carbocycles. The summed E-state index contributed by atoms with van der Waals surface area (Å²) in [5, 5.41) is 2.75. The van der Waals surface area contributed by atoms with E-state index in [4.69, 9.17) is 0 Å². The fourth-order valence-corrected chi connectivity index (χ4v) is 2.39. The lowest BCUT2D eigenvalue weighted by Gasteiger charge is -2.46. The van der Waals surface area contributed by atoms with E-state index in [9.17, 15) is 13.2 Å². The molecule has 0 aromatic carbocycles. The monoisotopic (exact) mass is 223 g/mol. The van der Waals surface area contributed by atoms with Gasteiger partial charge >= 0.3 is 6.18 Å². The van der Waals surface area contributed by atoms with Crippen molar-refractivity contribution in [1.82, 2.24) is 5.32 Å². The Morgan fingerprint density at radius 1 is 1.00 bits per heavy atom. The second-order valence-electron chi connectivity index (χ2n) is 5.39. The molecule has 4 heteroatoms. The number of rotatable bonds is 0.